The fourth-order valence-electron chi connectivity index (χ4n) is 3.20. The Labute approximate surface area is 112 Å². The van der Waals surface area contributed by atoms with Crippen LogP contribution in [0.3, 0.4) is 0 Å². The largest absolute Gasteiger partial charge is 0.320 e. The summed E-state index contributed by atoms with van der Waals surface area (Å²) in [6.07, 6.45) is 3.90. The van der Waals surface area contributed by atoms with Crippen LogP contribution in [0.4, 0.5) is 0 Å². The first-order chi connectivity index (χ1) is 8.61. The van der Waals surface area contributed by atoms with Crippen LogP contribution in [0.15, 0.2) is 18.2 Å². The van der Waals surface area contributed by atoms with Gasteiger partial charge >= 0.3 is 0 Å². The first kappa shape index (κ1) is 13.6. The van der Waals surface area contributed by atoms with Gasteiger partial charge in [0.05, 0.1) is 0 Å². The van der Waals surface area contributed by atoms with Crippen LogP contribution in [-0.2, 0) is 6.42 Å². The third-order valence-corrected chi connectivity index (χ3v) is 4.27. The Bertz CT molecular complexity index is 395. The summed E-state index contributed by atoms with van der Waals surface area (Å²) in [5.74, 6) is 2.23. The molecule has 0 heterocycles. The van der Waals surface area contributed by atoms with Crippen molar-refractivity contribution >= 4 is 0 Å². The van der Waals surface area contributed by atoms with E-state index in [0.717, 1.165) is 18.4 Å². The van der Waals surface area contributed by atoms with E-state index < -0.39 is 0 Å². The Balaban J connectivity index is 2.28. The van der Waals surface area contributed by atoms with Gasteiger partial charge in [-0.2, -0.15) is 0 Å². The number of hydrogen-bond acceptors (Lipinski definition) is 1. The maximum Gasteiger partial charge on any atom is -0.00461 e. The molecule has 1 aliphatic rings. The monoisotopic (exact) mass is 245 g/mol. The highest BCUT2D eigenvalue weighted by Gasteiger charge is 2.24. The van der Waals surface area contributed by atoms with Crippen LogP contribution in [0, 0.1) is 5.92 Å². The minimum Gasteiger partial charge on any atom is -0.320 e. The number of rotatable bonds is 4. The Hall–Kier alpha value is -0.820. The topological polar surface area (TPSA) is 12.0 Å². The predicted octanol–water partition coefficient (Wildman–Crippen LogP) is 4.09. The molecule has 0 fully saturated rings. The summed E-state index contributed by atoms with van der Waals surface area (Å²) in [6, 6.07) is 7.19. The van der Waals surface area contributed by atoms with Gasteiger partial charge in [0.2, 0.25) is 0 Å². The molecule has 1 aliphatic carbocycles. The average molecular weight is 245 g/mol. The van der Waals surface area contributed by atoms with Gasteiger partial charge < -0.3 is 5.32 Å². The first-order valence-electron chi connectivity index (χ1n) is 7.39. The molecule has 1 nitrogen and oxygen atoms in total. The van der Waals surface area contributed by atoms with E-state index in [4.69, 9.17) is 0 Å². The molecule has 0 bridgehead atoms. The van der Waals surface area contributed by atoms with Gasteiger partial charge in [0.25, 0.3) is 0 Å². The number of fused-ring (bicyclic) bond motifs is 1. The lowest BCUT2D eigenvalue weighted by Gasteiger charge is -2.30. The van der Waals surface area contributed by atoms with Crippen LogP contribution in [0.2, 0.25) is 0 Å². The molecule has 0 saturated heterocycles. The van der Waals surface area contributed by atoms with E-state index >= 15 is 0 Å². The van der Waals surface area contributed by atoms with E-state index in [1.807, 2.05) is 0 Å². The third-order valence-electron chi connectivity index (χ3n) is 4.27. The average Bonchev–Trinajstić information content (AvgIpc) is 2.35. The Morgan fingerprint density at radius 1 is 1.33 bits per heavy atom. The van der Waals surface area contributed by atoms with Crippen molar-refractivity contribution in [2.45, 2.75) is 51.9 Å². The third kappa shape index (κ3) is 2.95. The Morgan fingerprint density at radius 2 is 2.11 bits per heavy atom. The lowest BCUT2D eigenvalue weighted by molar-refractivity contribution is 0.412. The molecule has 0 radical (unpaired) electrons. The second-order valence-corrected chi connectivity index (χ2v) is 6.25. The van der Waals surface area contributed by atoms with Gasteiger partial charge in [0, 0.05) is 0 Å². The zero-order valence-electron chi connectivity index (χ0n) is 12.3. The second-order valence-electron chi connectivity index (χ2n) is 6.25. The predicted molar refractivity (Wildman–Crippen MR) is 79.3 cm³/mol. The van der Waals surface area contributed by atoms with Gasteiger partial charge in [0.1, 0.15) is 0 Å². The number of benzene rings is 1. The number of hydrogen-bond donors (Lipinski definition) is 1. The molecular weight excluding hydrogens is 218 g/mol. The van der Waals surface area contributed by atoms with Crippen molar-refractivity contribution in [2.75, 3.05) is 13.6 Å². The normalized spacial score (nSPS) is 23.2. The van der Waals surface area contributed by atoms with E-state index in [9.17, 15) is 0 Å². The molecule has 2 rings (SSSR count). The molecule has 18 heavy (non-hydrogen) atoms. The molecule has 0 saturated carbocycles. The van der Waals surface area contributed by atoms with Crippen LogP contribution < -0.4 is 5.32 Å². The van der Waals surface area contributed by atoms with E-state index in [0.29, 0.717) is 5.92 Å². The second kappa shape index (κ2) is 5.88. The molecule has 1 aromatic carbocycles. The molecule has 0 aliphatic heterocycles. The summed E-state index contributed by atoms with van der Waals surface area (Å²) in [7, 11) is 2.05. The quantitative estimate of drug-likeness (QED) is 0.842. The van der Waals surface area contributed by atoms with Gasteiger partial charge in [0.15, 0.2) is 0 Å². The number of nitrogens with one attached hydrogen (secondary N) is 1. The van der Waals surface area contributed by atoms with Crippen molar-refractivity contribution in [2.24, 2.45) is 5.92 Å². The summed E-state index contributed by atoms with van der Waals surface area (Å²) in [6.45, 7) is 8.10. The molecule has 0 amide bonds. The molecule has 100 valence electrons. The van der Waals surface area contributed by atoms with Gasteiger partial charge in [-0.25, -0.2) is 0 Å². The highest BCUT2D eigenvalue weighted by atomic mass is 14.8. The van der Waals surface area contributed by atoms with E-state index in [1.165, 1.54) is 24.8 Å². The molecule has 2 atom stereocenters. The van der Waals surface area contributed by atoms with Crippen molar-refractivity contribution < 1.29 is 0 Å². The van der Waals surface area contributed by atoms with E-state index in [2.05, 4.69) is 51.3 Å². The fourth-order valence-corrected chi connectivity index (χ4v) is 3.20. The van der Waals surface area contributed by atoms with Crippen molar-refractivity contribution in [3.05, 3.63) is 34.9 Å². The lowest BCUT2D eigenvalue weighted by Crippen LogP contribution is -2.20. The van der Waals surface area contributed by atoms with Crippen molar-refractivity contribution in [1.82, 2.24) is 5.32 Å². The zero-order valence-corrected chi connectivity index (χ0v) is 12.3. The van der Waals surface area contributed by atoms with Crippen LogP contribution >= 0.6 is 0 Å². The van der Waals surface area contributed by atoms with Gasteiger partial charge in [-0.1, -0.05) is 39.0 Å². The van der Waals surface area contributed by atoms with Gasteiger partial charge in [-0.15, -0.1) is 0 Å². The molecule has 0 aromatic heterocycles. The summed E-state index contributed by atoms with van der Waals surface area (Å²) >= 11 is 0. The molecule has 2 unspecified atom stereocenters. The van der Waals surface area contributed by atoms with E-state index in [-0.39, 0.29) is 0 Å². The van der Waals surface area contributed by atoms with Crippen molar-refractivity contribution in [1.29, 1.82) is 0 Å². The zero-order chi connectivity index (χ0) is 13.1. The summed E-state index contributed by atoms with van der Waals surface area (Å²) in [4.78, 5) is 0. The summed E-state index contributed by atoms with van der Waals surface area (Å²) in [5, 5.41) is 3.30. The maximum atomic E-state index is 3.30. The smallest absolute Gasteiger partial charge is 0.00461 e. The molecular formula is C17H27N. The van der Waals surface area contributed by atoms with Gasteiger partial charge in [-0.05, 0) is 67.3 Å². The lowest BCUT2D eigenvalue weighted by atomic mass is 9.75. The fraction of sp³-hybridized carbons (Fsp3) is 0.647. The first-order valence-corrected chi connectivity index (χ1v) is 7.39. The standard InChI is InChI=1S/C17H27N/c1-12(2)14-5-6-15-9-13(3)10-16(7-8-18-4)17(15)11-14/h5-6,11-13,16,18H,7-10H2,1-4H3. The molecule has 1 N–H and O–H groups in total. The van der Waals surface area contributed by atoms with Crippen LogP contribution in [-0.4, -0.2) is 13.6 Å². The van der Waals surface area contributed by atoms with Crippen molar-refractivity contribution in [3.8, 4) is 0 Å². The highest BCUT2D eigenvalue weighted by molar-refractivity contribution is 5.38. The molecule has 1 heteroatoms. The maximum absolute atomic E-state index is 3.30. The summed E-state index contributed by atoms with van der Waals surface area (Å²) < 4.78 is 0. The molecule has 1 aromatic rings. The van der Waals surface area contributed by atoms with Crippen molar-refractivity contribution in [3.63, 3.8) is 0 Å². The molecule has 0 spiro atoms. The van der Waals surface area contributed by atoms with E-state index in [1.54, 1.807) is 11.1 Å². The van der Waals surface area contributed by atoms with Gasteiger partial charge in [-0.3, -0.25) is 0 Å². The highest BCUT2D eigenvalue weighted by Crippen LogP contribution is 2.38. The van der Waals surface area contributed by atoms with Crippen LogP contribution in [0.5, 0.6) is 0 Å². The van der Waals surface area contributed by atoms with Crippen LogP contribution in [0.1, 0.15) is 62.1 Å². The minimum atomic E-state index is 0.639. The summed E-state index contributed by atoms with van der Waals surface area (Å²) in [5.41, 5.74) is 4.73. The SMILES string of the molecule is CNCCC1CC(C)Cc2ccc(C(C)C)cc21. The van der Waals surface area contributed by atoms with Crippen LogP contribution in [0.25, 0.3) is 0 Å². The Kier molecular flexibility index (Phi) is 4.45. The minimum absolute atomic E-state index is 0.639. The Morgan fingerprint density at radius 3 is 2.78 bits per heavy atom.